The van der Waals surface area contributed by atoms with E-state index < -0.39 is 5.91 Å². The predicted octanol–water partition coefficient (Wildman–Crippen LogP) is 2.12. The van der Waals surface area contributed by atoms with Gasteiger partial charge in [-0.25, -0.2) is 4.98 Å². The first-order valence-corrected chi connectivity index (χ1v) is 5.88. The number of nitrogens with zero attached hydrogens (tertiary/aromatic N) is 1. The summed E-state index contributed by atoms with van der Waals surface area (Å²) in [5.41, 5.74) is 14.5. The lowest BCUT2D eigenvalue weighted by atomic mass is 10.1. The van der Waals surface area contributed by atoms with E-state index in [1.807, 2.05) is 32.0 Å². The van der Waals surface area contributed by atoms with Crippen molar-refractivity contribution >= 4 is 23.1 Å². The molecule has 1 aromatic heterocycles. The number of benzene rings is 1. The number of nitrogen functional groups attached to an aromatic ring is 1. The second-order valence-electron chi connectivity index (χ2n) is 4.42. The van der Waals surface area contributed by atoms with Gasteiger partial charge in [0.05, 0.1) is 5.56 Å². The van der Waals surface area contributed by atoms with Gasteiger partial charge in [0.1, 0.15) is 5.82 Å². The van der Waals surface area contributed by atoms with Crippen molar-refractivity contribution in [2.75, 3.05) is 11.1 Å². The number of nitrogens with two attached hydrogens (primary N) is 2. The highest BCUT2D eigenvalue weighted by atomic mass is 16.1. The summed E-state index contributed by atoms with van der Waals surface area (Å²) in [6.07, 6.45) is 0. The molecule has 0 aliphatic carbocycles. The van der Waals surface area contributed by atoms with Gasteiger partial charge in [-0.2, -0.15) is 0 Å². The normalized spacial score (nSPS) is 10.2. The molecule has 0 saturated carbocycles. The molecule has 0 aliphatic heterocycles. The molecule has 0 unspecified atom stereocenters. The maximum absolute atomic E-state index is 11.5. The lowest BCUT2D eigenvalue weighted by Gasteiger charge is -2.12. The number of nitrogens with one attached hydrogen (secondary N) is 1. The highest BCUT2D eigenvalue weighted by molar-refractivity contribution is 5.99. The van der Waals surface area contributed by atoms with Crippen LogP contribution in [0.4, 0.5) is 17.2 Å². The van der Waals surface area contributed by atoms with Crippen LogP contribution in [-0.4, -0.2) is 10.9 Å². The van der Waals surface area contributed by atoms with Gasteiger partial charge in [-0.15, -0.1) is 0 Å². The third-order valence-corrected chi connectivity index (χ3v) is 2.76. The van der Waals surface area contributed by atoms with Crippen molar-refractivity contribution in [1.29, 1.82) is 0 Å². The summed E-state index contributed by atoms with van der Waals surface area (Å²) in [6.45, 7) is 3.70. The summed E-state index contributed by atoms with van der Waals surface area (Å²) < 4.78 is 0. The van der Waals surface area contributed by atoms with Crippen molar-refractivity contribution in [3.8, 4) is 0 Å². The third-order valence-electron chi connectivity index (χ3n) is 2.76. The fourth-order valence-electron chi connectivity index (χ4n) is 1.94. The molecule has 19 heavy (non-hydrogen) atoms. The summed E-state index contributed by atoms with van der Waals surface area (Å²) in [6, 6.07) is 9.01. The van der Waals surface area contributed by atoms with Crippen LogP contribution < -0.4 is 16.8 Å². The molecular weight excluding hydrogens is 240 g/mol. The summed E-state index contributed by atoms with van der Waals surface area (Å²) in [7, 11) is 0. The number of hydrogen-bond acceptors (Lipinski definition) is 4. The van der Waals surface area contributed by atoms with E-state index in [-0.39, 0.29) is 0 Å². The van der Waals surface area contributed by atoms with E-state index in [0.717, 1.165) is 16.9 Å². The molecule has 1 aromatic carbocycles. The summed E-state index contributed by atoms with van der Waals surface area (Å²) in [5.74, 6) is -0.0299. The van der Waals surface area contributed by atoms with Crippen LogP contribution in [0.3, 0.4) is 0 Å². The van der Waals surface area contributed by atoms with Crippen molar-refractivity contribution in [2.45, 2.75) is 13.8 Å². The number of anilines is 3. The zero-order chi connectivity index (χ0) is 14.0. The van der Waals surface area contributed by atoms with E-state index in [4.69, 9.17) is 11.5 Å². The van der Waals surface area contributed by atoms with Crippen LogP contribution in [-0.2, 0) is 0 Å². The Morgan fingerprint density at radius 3 is 2.42 bits per heavy atom. The zero-order valence-corrected chi connectivity index (χ0v) is 10.9. The minimum atomic E-state index is -0.497. The Morgan fingerprint density at radius 1 is 1.21 bits per heavy atom. The van der Waals surface area contributed by atoms with Crippen LogP contribution in [0.1, 0.15) is 21.6 Å². The summed E-state index contributed by atoms with van der Waals surface area (Å²) >= 11 is 0. The number of primary amides is 1. The van der Waals surface area contributed by atoms with E-state index in [0.29, 0.717) is 17.1 Å². The largest absolute Gasteiger partial charge is 0.399 e. The Balaban J connectivity index is 2.44. The number of hydrogen-bond donors (Lipinski definition) is 3. The van der Waals surface area contributed by atoms with Crippen LogP contribution in [0.5, 0.6) is 0 Å². The second kappa shape index (κ2) is 4.97. The number of carbonyl (C=O) groups is 1. The van der Waals surface area contributed by atoms with Gasteiger partial charge in [-0.05, 0) is 49.7 Å². The predicted molar refractivity (Wildman–Crippen MR) is 76.4 cm³/mol. The molecular formula is C14H16N4O. The van der Waals surface area contributed by atoms with E-state index in [2.05, 4.69) is 10.3 Å². The first-order valence-electron chi connectivity index (χ1n) is 5.88. The first kappa shape index (κ1) is 12.9. The highest BCUT2D eigenvalue weighted by Gasteiger charge is 2.14. The van der Waals surface area contributed by atoms with Gasteiger partial charge in [0.25, 0.3) is 5.91 Å². The molecule has 0 aliphatic rings. The lowest BCUT2D eigenvalue weighted by molar-refractivity contribution is 0.100. The Kier molecular flexibility index (Phi) is 3.37. The molecule has 0 fully saturated rings. The van der Waals surface area contributed by atoms with Gasteiger partial charge < -0.3 is 16.8 Å². The molecule has 0 bridgehead atoms. The molecule has 1 amide bonds. The highest BCUT2D eigenvalue weighted by Crippen LogP contribution is 2.22. The number of pyridine rings is 1. The number of aromatic nitrogens is 1. The molecule has 0 saturated heterocycles. The van der Waals surface area contributed by atoms with E-state index in [9.17, 15) is 4.79 Å². The average molecular weight is 256 g/mol. The van der Waals surface area contributed by atoms with Crippen molar-refractivity contribution in [3.05, 3.63) is 47.2 Å². The number of rotatable bonds is 3. The quantitative estimate of drug-likeness (QED) is 0.733. The Bertz CT molecular complexity index is 620. The van der Waals surface area contributed by atoms with Gasteiger partial charge in [-0.3, -0.25) is 4.79 Å². The van der Waals surface area contributed by atoms with E-state index in [1.165, 1.54) is 0 Å². The molecule has 0 atom stereocenters. The third kappa shape index (κ3) is 2.82. The molecule has 5 N–H and O–H groups in total. The Hall–Kier alpha value is -2.56. The average Bonchev–Trinajstić information content (AvgIpc) is 2.30. The monoisotopic (exact) mass is 256 g/mol. The summed E-state index contributed by atoms with van der Waals surface area (Å²) in [4.78, 5) is 15.9. The topological polar surface area (TPSA) is 94.0 Å². The van der Waals surface area contributed by atoms with Crippen LogP contribution >= 0.6 is 0 Å². The van der Waals surface area contributed by atoms with Crippen molar-refractivity contribution in [2.24, 2.45) is 5.73 Å². The molecule has 5 heteroatoms. The molecule has 0 radical (unpaired) electrons. The van der Waals surface area contributed by atoms with Gasteiger partial charge in [-0.1, -0.05) is 0 Å². The standard InChI is InChI=1S/C14H16N4O/c1-8-7-9(2)17-14(12(8)13(16)19)18-11-5-3-10(15)4-6-11/h3-7H,15H2,1-2H3,(H2,16,19)(H,17,18). The SMILES string of the molecule is Cc1cc(C)c(C(N)=O)c(Nc2ccc(N)cc2)n1. The van der Waals surface area contributed by atoms with Crippen LogP contribution in [0.25, 0.3) is 0 Å². The Morgan fingerprint density at radius 2 is 1.84 bits per heavy atom. The maximum Gasteiger partial charge on any atom is 0.252 e. The fourth-order valence-corrected chi connectivity index (χ4v) is 1.94. The molecule has 1 heterocycles. The van der Waals surface area contributed by atoms with Gasteiger partial charge in [0.2, 0.25) is 0 Å². The first-order chi connectivity index (χ1) is 8.97. The number of amides is 1. The van der Waals surface area contributed by atoms with Gasteiger partial charge in [0.15, 0.2) is 0 Å². The smallest absolute Gasteiger partial charge is 0.252 e. The minimum Gasteiger partial charge on any atom is -0.399 e. The Labute approximate surface area is 111 Å². The number of carbonyl (C=O) groups excluding carboxylic acids is 1. The van der Waals surface area contributed by atoms with Crippen LogP contribution in [0.15, 0.2) is 30.3 Å². The molecule has 5 nitrogen and oxygen atoms in total. The molecule has 2 rings (SSSR count). The minimum absolute atomic E-state index is 0.405. The lowest BCUT2D eigenvalue weighted by Crippen LogP contribution is -2.16. The zero-order valence-electron chi connectivity index (χ0n) is 10.9. The van der Waals surface area contributed by atoms with Gasteiger partial charge in [0, 0.05) is 17.1 Å². The molecule has 0 spiro atoms. The molecule has 98 valence electrons. The van der Waals surface area contributed by atoms with Crippen LogP contribution in [0, 0.1) is 13.8 Å². The van der Waals surface area contributed by atoms with Crippen molar-refractivity contribution in [1.82, 2.24) is 4.98 Å². The van der Waals surface area contributed by atoms with Crippen molar-refractivity contribution < 1.29 is 4.79 Å². The maximum atomic E-state index is 11.5. The summed E-state index contributed by atoms with van der Waals surface area (Å²) in [5, 5.41) is 3.10. The van der Waals surface area contributed by atoms with Gasteiger partial charge >= 0.3 is 0 Å². The second-order valence-corrected chi connectivity index (χ2v) is 4.42. The fraction of sp³-hybridized carbons (Fsp3) is 0.143. The molecule has 2 aromatic rings. The van der Waals surface area contributed by atoms with E-state index in [1.54, 1.807) is 12.1 Å². The van der Waals surface area contributed by atoms with E-state index >= 15 is 0 Å². The van der Waals surface area contributed by atoms with Crippen LogP contribution in [0.2, 0.25) is 0 Å². The number of aryl methyl sites for hydroxylation is 2. The van der Waals surface area contributed by atoms with Crippen molar-refractivity contribution in [3.63, 3.8) is 0 Å².